The van der Waals surface area contributed by atoms with Crippen LogP contribution in [0.2, 0.25) is 0 Å². The van der Waals surface area contributed by atoms with Gasteiger partial charge in [-0.15, -0.1) is 0 Å². The molecule has 0 fully saturated rings. The highest BCUT2D eigenvalue weighted by Gasteiger charge is 2.01. The lowest BCUT2D eigenvalue weighted by Gasteiger charge is -2.08. The van der Waals surface area contributed by atoms with Crippen molar-refractivity contribution in [3.8, 4) is 0 Å². The molecule has 0 saturated carbocycles. The number of fused-ring (bicyclic) bond motifs is 1. The maximum atomic E-state index is 4.04. The summed E-state index contributed by atoms with van der Waals surface area (Å²) in [4.78, 5) is 0. The molecular formula is C14H15. The molecule has 0 heteroatoms. The van der Waals surface area contributed by atoms with E-state index in [0.717, 1.165) is 6.42 Å². The Hall–Kier alpha value is -1.30. The van der Waals surface area contributed by atoms with Crippen molar-refractivity contribution in [2.75, 3.05) is 0 Å². The van der Waals surface area contributed by atoms with Crippen LogP contribution >= 0.6 is 0 Å². The first-order valence-electron chi connectivity index (χ1n) is 5.07. The van der Waals surface area contributed by atoms with Gasteiger partial charge < -0.3 is 0 Å². The fourth-order valence-electron chi connectivity index (χ4n) is 1.85. The van der Waals surface area contributed by atoms with Gasteiger partial charge in [0.05, 0.1) is 0 Å². The number of rotatable bonds is 2. The molecule has 0 aliphatic carbocycles. The first-order chi connectivity index (χ1) is 6.77. The first-order valence-corrected chi connectivity index (χ1v) is 5.07. The quantitative estimate of drug-likeness (QED) is 0.663. The standard InChI is InChI=1S/C14H15/c1-11(2)10-13-8-5-7-12-6-3-4-9-14(12)13/h3-9,11H,1,10H2,2H3. The monoisotopic (exact) mass is 183 g/mol. The molecule has 1 atom stereocenters. The van der Waals surface area contributed by atoms with Crippen molar-refractivity contribution in [1.82, 2.24) is 0 Å². The Morgan fingerprint density at radius 3 is 2.57 bits per heavy atom. The van der Waals surface area contributed by atoms with Crippen LogP contribution in [0.5, 0.6) is 0 Å². The Balaban J connectivity index is 2.53. The van der Waals surface area contributed by atoms with Crippen LogP contribution in [0, 0.1) is 12.8 Å². The highest BCUT2D eigenvalue weighted by Crippen LogP contribution is 2.20. The minimum atomic E-state index is 0.473. The summed E-state index contributed by atoms with van der Waals surface area (Å²) in [5.74, 6) is 0.473. The Morgan fingerprint density at radius 2 is 1.79 bits per heavy atom. The van der Waals surface area contributed by atoms with E-state index in [-0.39, 0.29) is 0 Å². The number of benzene rings is 2. The molecular weight excluding hydrogens is 168 g/mol. The van der Waals surface area contributed by atoms with E-state index in [1.54, 1.807) is 0 Å². The minimum absolute atomic E-state index is 0.473. The summed E-state index contributed by atoms with van der Waals surface area (Å²) in [6, 6.07) is 15.0. The molecule has 2 aromatic carbocycles. The molecule has 0 heterocycles. The van der Waals surface area contributed by atoms with E-state index in [4.69, 9.17) is 0 Å². The average Bonchev–Trinajstić information content (AvgIpc) is 2.18. The zero-order valence-electron chi connectivity index (χ0n) is 8.53. The van der Waals surface area contributed by atoms with Crippen molar-refractivity contribution in [2.45, 2.75) is 13.3 Å². The van der Waals surface area contributed by atoms with Crippen molar-refractivity contribution < 1.29 is 0 Å². The maximum absolute atomic E-state index is 4.04. The van der Waals surface area contributed by atoms with Crippen LogP contribution in [0.15, 0.2) is 42.5 Å². The van der Waals surface area contributed by atoms with Gasteiger partial charge in [-0.05, 0) is 28.7 Å². The van der Waals surface area contributed by atoms with Gasteiger partial charge in [0.25, 0.3) is 0 Å². The predicted molar refractivity (Wildman–Crippen MR) is 62.2 cm³/mol. The third-order valence-electron chi connectivity index (χ3n) is 2.45. The Kier molecular flexibility index (Phi) is 2.53. The van der Waals surface area contributed by atoms with Gasteiger partial charge >= 0.3 is 0 Å². The summed E-state index contributed by atoms with van der Waals surface area (Å²) in [7, 11) is 0. The predicted octanol–water partition coefficient (Wildman–Crippen LogP) is 3.85. The fraction of sp³-hybridized carbons (Fsp3) is 0.214. The smallest absolute Gasteiger partial charge is 0.0152 e. The molecule has 2 aromatic rings. The molecule has 1 unspecified atom stereocenters. The van der Waals surface area contributed by atoms with Crippen LogP contribution < -0.4 is 0 Å². The highest BCUT2D eigenvalue weighted by atomic mass is 14.1. The topological polar surface area (TPSA) is 0 Å². The van der Waals surface area contributed by atoms with E-state index in [1.165, 1.54) is 16.3 Å². The summed E-state index contributed by atoms with van der Waals surface area (Å²) in [6.45, 7) is 6.20. The zero-order chi connectivity index (χ0) is 9.97. The molecule has 0 nitrogen and oxygen atoms in total. The lowest BCUT2D eigenvalue weighted by molar-refractivity contribution is 0.723. The van der Waals surface area contributed by atoms with Gasteiger partial charge in [0.15, 0.2) is 0 Å². The van der Waals surface area contributed by atoms with Gasteiger partial charge in [0.2, 0.25) is 0 Å². The Labute approximate surface area is 85.6 Å². The summed E-state index contributed by atoms with van der Waals surface area (Å²) >= 11 is 0. The van der Waals surface area contributed by atoms with E-state index in [0.29, 0.717) is 5.92 Å². The first kappa shape index (κ1) is 9.26. The van der Waals surface area contributed by atoms with E-state index >= 15 is 0 Å². The third kappa shape index (κ3) is 1.79. The molecule has 14 heavy (non-hydrogen) atoms. The molecule has 0 amide bonds. The molecule has 0 bridgehead atoms. The van der Waals surface area contributed by atoms with Crippen LogP contribution in [-0.2, 0) is 6.42 Å². The van der Waals surface area contributed by atoms with Crippen molar-refractivity contribution in [1.29, 1.82) is 0 Å². The van der Waals surface area contributed by atoms with Crippen molar-refractivity contribution in [2.24, 2.45) is 5.92 Å². The normalized spacial score (nSPS) is 11.1. The zero-order valence-corrected chi connectivity index (χ0v) is 8.53. The summed E-state index contributed by atoms with van der Waals surface area (Å²) in [5, 5.41) is 2.69. The summed E-state index contributed by atoms with van der Waals surface area (Å²) < 4.78 is 0. The molecule has 0 saturated heterocycles. The second-order valence-electron chi connectivity index (χ2n) is 3.95. The highest BCUT2D eigenvalue weighted by molar-refractivity contribution is 5.85. The van der Waals surface area contributed by atoms with Crippen molar-refractivity contribution >= 4 is 10.8 Å². The SMILES string of the molecule is [CH2]C(C)Cc1cccc2ccccc12. The fourth-order valence-corrected chi connectivity index (χ4v) is 1.85. The minimum Gasteiger partial charge on any atom is -0.0622 e. The van der Waals surface area contributed by atoms with Gasteiger partial charge in [-0.2, -0.15) is 0 Å². The Bertz CT molecular complexity index is 421. The summed E-state index contributed by atoms with van der Waals surface area (Å²) in [5.41, 5.74) is 1.41. The van der Waals surface area contributed by atoms with Gasteiger partial charge in [0, 0.05) is 0 Å². The van der Waals surface area contributed by atoms with E-state index in [9.17, 15) is 0 Å². The average molecular weight is 183 g/mol. The molecule has 0 N–H and O–H groups in total. The van der Waals surface area contributed by atoms with Gasteiger partial charge in [0.1, 0.15) is 0 Å². The van der Waals surface area contributed by atoms with Crippen molar-refractivity contribution in [3.05, 3.63) is 55.0 Å². The Morgan fingerprint density at radius 1 is 1.07 bits per heavy atom. The number of hydrogen-bond donors (Lipinski definition) is 0. The van der Waals surface area contributed by atoms with Gasteiger partial charge in [-0.3, -0.25) is 0 Å². The van der Waals surface area contributed by atoms with E-state index < -0.39 is 0 Å². The van der Waals surface area contributed by atoms with Gasteiger partial charge in [-0.25, -0.2) is 0 Å². The van der Waals surface area contributed by atoms with Crippen molar-refractivity contribution in [3.63, 3.8) is 0 Å². The van der Waals surface area contributed by atoms with E-state index in [1.807, 2.05) is 0 Å². The summed E-state index contributed by atoms with van der Waals surface area (Å²) in [6.07, 6.45) is 1.06. The van der Waals surface area contributed by atoms with Crippen LogP contribution in [0.4, 0.5) is 0 Å². The molecule has 0 spiro atoms. The number of hydrogen-bond acceptors (Lipinski definition) is 0. The molecule has 0 aliphatic rings. The molecule has 0 aliphatic heterocycles. The molecule has 2 rings (SSSR count). The van der Waals surface area contributed by atoms with Crippen LogP contribution in [0.3, 0.4) is 0 Å². The molecule has 71 valence electrons. The van der Waals surface area contributed by atoms with Crippen LogP contribution in [0.25, 0.3) is 10.8 Å². The van der Waals surface area contributed by atoms with E-state index in [2.05, 4.69) is 56.3 Å². The van der Waals surface area contributed by atoms with Gasteiger partial charge in [-0.1, -0.05) is 56.3 Å². The second kappa shape index (κ2) is 3.83. The largest absolute Gasteiger partial charge is 0.0622 e. The maximum Gasteiger partial charge on any atom is -0.0152 e. The second-order valence-corrected chi connectivity index (χ2v) is 3.95. The lowest BCUT2D eigenvalue weighted by Crippen LogP contribution is -1.94. The van der Waals surface area contributed by atoms with Crippen LogP contribution in [-0.4, -0.2) is 0 Å². The molecule has 0 aromatic heterocycles. The molecule has 1 radical (unpaired) electrons. The third-order valence-corrected chi connectivity index (χ3v) is 2.45. The van der Waals surface area contributed by atoms with Crippen LogP contribution in [0.1, 0.15) is 12.5 Å². The lowest BCUT2D eigenvalue weighted by atomic mass is 9.97.